The molecular weight excluding hydrogens is 284 g/mol. The number of aromatic nitrogens is 1. The Morgan fingerprint density at radius 2 is 2.14 bits per heavy atom. The van der Waals surface area contributed by atoms with Crippen molar-refractivity contribution in [2.45, 2.75) is 19.5 Å². The maximum Gasteiger partial charge on any atom is 0.141 e. The molecule has 3 N–H and O–H groups in total. The molecule has 0 fully saturated rings. The van der Waals surface area contributed by atoms with Gasteiger partial charge in [0.2, 0.25) is 0 Å². The fourth-order valence-electron chi connectivity index (χ4n) is 2.17. The third-order valence-corrected chi connectivity index (χ3v) is 3.76. The Labute approximate surface area is 130 Å². The highest BCUT2D eigenvalue weighted by Gasteiger charge is 2.13. The van der Waals surface area contributed by atoms with E-state index in [1.165, 1.54) is 5.56 Å². The highest BCUT2D eigenvalue weighted by Crippen LogP contribution is 2.23. The van der Waals surface area contributed by atoms with Crippen LogP contribution in [0.4, 0.5) is 0 Å². The maximum atomic E-state index is 7.44. The fraction of sp³-hybridized carbons (Fsp3) is 0.250. The number of nitrogen functional groups attached to an aromatic ring is 1. The number of amidine groups is 1. The molecule has 0 radical (unpaired) electrons. The lowest BCUT2D eigenvalue weighted by Crippen LogP contribution is -2.22. The molecule has 1 atom stereocenters. The van der Waals surface area contributed by atoms with Gasteiger partial charge in [0.25, 0.3) is 0 Å². The molecule has 1 aromatic heterocycles. The molecule has 0 saturated carbocycles. The second-order valence-corrected chi connectivity index (χ2v) is 5.55. The van der Waals surface area contributed by atoms with E-state index in [2.05, 4.69) is 29.9 Å². The van der Waals surface area contributed by atoms with Gasteiger partial charge in [0.15, 0.2) is 0 Å². The van der Waals surface area contributed by atoms with E-state index in [0.717, 1.165) is 17.1 Å². The van der Waals surface area contributed by atoms with Gasteiger partial charge in [-0.15, -0.1) is 0 Å². The summed E-state index contributed by atoms with van der Waals surface area (Å²) in [6.07, 6.45) is 1.68. The van der Waals surface area contributed by atoms with Crippen LogP contribution in [0.1, 0.15) is 29.8 Å². The summed E-state index contributed by atoms with van der Waals surface area (Å²) in [5.41, 5.74) is 8.23. The Hall–Kier alpha value is -1.91. The Balaban J connectivity index is 2.12. The lowest BCUT2D eigenvalue weighted by molar-refractivity contribution is 0.253. The van der Waals surface area contributed by atoms with Crippen molar-refractivity contribution >= 4 is 17.4 Å². The molecule has 5 heteroatoms. The van der Waals surface area contributed by atoms with Crippen molar-refractivity contribution in [2.24, 2.45) is 5.73 Å². The molecule has 0 spiro atoms. The van der Waals surface area contributed by atoms with Crippen molar-refractivity contribution in [1.82, 2.24) is 9.88 Å². The second-order valence-electron chi connectivity index (χ2n) is 5.11. The van der Waals surface area contributed by atoms with Crippen LogP contribution >= 0.6 is 11.6 Å². The number of halogens is 1. The predicted molar refractivity (Wildman–Crippen MR) is 86.6 cm³/mol. The third-order valence-electron chi connectivity index (χ3n) is 3.52. The van der Waals surface area contributed by atoms with Gasteiger partial charge in [0.05, 0.1) is 0 Å². The van der Waals surface area contributed by atoms with Gasteiger partial charge in [-0.3, -0.25) is 15.3 Å². The molecule has 0 aliphatic heterocycles. The highest BCUT2D eigenvalue weighted by atomic mass is 35.5. The van der Waals surface area contributed by atoms with E-state index in [0.29, 0.717) is 5.69 Å². The lowest BCUT2D eigenvalue weighted by Gasteiger charge is -2.25. The van der Waals surface area contributed by atoms with E-state index in [1.807, 2.05) is 30.3 Å². The zero-order valence-electron chi connectivity index (χ0n) is 12.2. The molecule has 0 aliphatic carbocycles. The van der Waals surface area contributed by atoms with E-state index >= 15 is 0 Å². The number of nitrogens with two attached hydrogens (primary N) is 1. The zero-order valence-corrected chi connectivity index (χ0v) is 12.9. The topological polar surface area (TPSA) is 66.0 Å². The van der Waals surface area contributed by atoms with E-state index < -0.39 is 0 Å². The molecule has 2 aromatic rings. The van der Waals surface area contributed by atoms with Gasteiger partial charge >= 0.3 is 0 Å². The average molecular weight is 303 g/mol. The summed E-state index contributed by atoms with van der Waals surface area (Å²) in [5, 5.41) is 8.19. The largest absolute Gasteiger partial charge is 0.382 e. The van der Waals surface area contributed by atoms with Crippen molar-refractivity contribution in [2.75, 3.05) is 7.05 Å². The van der Waals surface area contributed by atoms with Crippen LogP contribution in [0.3, 0.4) is 0 Å². The SMILES string of the molecule is CC(c1cccc(Cl)c1)N(C)Cc1ccnc(C(=N)N)c1. The van der Waals surface area contributed by atoms with Gasteiger partial charge in [-0.1, -0.05) is 23.7 Å². The monoisotopic (exact) mass is 302 g/mol. The minimum atomic E-state index is -0.0117. The van der Waals surface area contributed by atoms with E-state index in [-0.39, 0.29) is 11.9 Å². The average Bonchev–Trinajstić information content (AvgIpc) is 2.46. The van der Waals surface area contributed by atoms with Crippen LogP contribution in [0.5, 0.6) is 0 Å². The van der Waals surface area contributed by atoms with Gasteiger partial charge in [-0.05, 0) is 49.4 Å². The van der Waals surface area contributed by atoms with Crippen LogP contribution in [0.15, 0.2) is 42.6 Å². The third kappa shape index (κ3) is 4.03. The van der Waals surface area contributed by atoms with Crippen molar-refractivity contribution in [3.63, 3.8) is 0 Å². The van der Waals surface area contributed by atoms with Crippen LogP contribution in [0.2, 0.25) is 5.02 Å². The fourth-order valence-corrected chi connectivity index (χ4v) is 2.36. The van der Waals surface area contributed by atoms with Gasteiger partial charge in [-0.25, -0.2) is 0 Å². The molecule has 2 rings (SSSR count). The maximum absolute atomic E-state index is 7.44. The lowest BCUT2D eigenvalue weighted by atomic mass is 10.1. The Morgan fingerprint density at radius 1 is 1.38 bits per heavy atom. The molecule has 1 unspecified atom stereocenters. The smallest absolute Gasteiger partial charge is 0.141 e. The normalized spacial score (nSPS) is 12.4. The Morgan fingerprint density at radius 3 is 2.81 bits per heavy atom. The summed E-state index contributed by atoms with van der Waals surface area (Å²) in [6, 6.07) is 11.9. The Kier molecular flexibility index (Phi) is 4.94. The number of nitrogens with zero attached hydrogens (tertiary/aromatic N) is 2. The number of rotatable bonds is 5. The summed E-state index contributed by atoms with van der Waals surface area (Å²) in [4.78, 5) is 6.29. The number of nitrogens with one attached hydrogen (secondary N) is 1. The molecule has 21 heavy (non-hydrogen) atoms. The number of hydrogen-bond acceptors (Lipinski definition) is 3. The van der Waals surface area contributed by atoms with Crippen molar-refractivity contribution in [1.29, 1.82) is 5.41 Å². The predicted octanol–water partition coefficient (Wildman–Crippen LogP) is 3.21. The number of hydrogen-bond donors (Lipinski definition) is 2. The zero-order chi connectivity index (χ0) is 15.4. The first-order valence-electron chi connectivity index (χ1n) is 6.72. The van der Waals surface area contributed by atoms with Crippen LogP contribution in [-0.4, -0.2) is 22.8 Å². The van der Waals surface area contributed by atoms with Gasteiger partial charge < -0.3 is 5.73 Å². The minimum Gasteiger partial charge on any atom is -0.382 e. The highest BCUT2D eigenvalue weighted by molar-refractivity contribution is 6.30. The van der Waals surface area contributed by atoms with Crippen molar-refractivity contribution < 1.29 is 0 Å². The summed E-state index contributed by atoms with van der Waals surface area (Å²) >= 11 is 6.05. The molecule has 0 aliphatic rings. The molecule has 1 heterocycles. The minimum absolute atomic E-state index is 0.0117. The summed E-state index contributed by atoms with van der Waals surface area (Å²) in [5.74, 6) is -0.0117. The molecule has 0 bridgehead atoms. The standard InChI is InChI=1S/C16H19ClN4/c1-11(13-4-3-5-14(17)9-13)21(2)10-12-6-7-20-15(8-12)16(18)19/h3-9,11H,10H2,1-2H3,(H3,18,19). The first kappa shape index (κ1) is 15.5. The second kappa shape index (κ2) is 6.70. The molecule has 110 valence electrons. The quantitative estimate of drug-likeness (QED) is 0.658. The van der Waals surface area contributed by atoms with E-state index in [1.54, 1.807) is 6.20 Å². The summed E-state index contributed by atoms with van der Waals surface area (Å²) in [7, 11) is 2.06. The molecule has 0 saturated heterocycles. The first-order chi connectivity index (χ1) is 9.97. The van der Waals surface area contributed by atoms with E-state index in [4.69, 9.17) is 22.7 Å². The molecule has 0 amide bonds. The van der Waals surface area contributed by atoms with Gasteiger partial charge in [-0.2, -0.15) is 0 Å². The molecule has 4 nitrogen and oxygen atoms in total. The van der Waals surface area contributed by atoms with Crippen LogP contribution < -0.4 is 5.73 Å². The van der Waals surface area contributed by atoms with Crippen LogP contribution in [-0.2, 0) is 6.54 Å². The molecular formula is C16H19ClN4. The number of pyridine rings is 1. The first-order valence-corrected chi connectivity index (χ1v) is 7.10. The van der Waals surface area contributed by atoms with Gasteiger partial charge in [0.1, 0.15) is 11.5 Å². The summed E-state index contributed by atoms with van der Waals surface area (Å²) in [6.45, 7) is 2.88. The molecule has 1 aromatic carbocycles. The number of benzene rings is 1. The van der Waals surface area contributed by atoms with E-state index in [9.17, 15) is 0 Å². The van der Waals surface area contributed by atoms with Crippen LogP contribution in [0.25, 0.3) is 0 Å². The summed E-state index contributed by atoms with van der Waals surface area (Å²) < 4.78 is 0. The van der Waals surface area contributed by atoms with Gasteiger partial charge in [0, 0.05) is 23.8 Å². The van der Waals surface area contributed by atoms with Crippen LogP contribution in [0, 0.1) is 5.41 Å². The van der Waals surface area contributed by atoms with Crippen molar-refractivity contribution in [3.8, 4) is 0 Å². The van der Waals surface area contributed by atoms with Crippen molar-refractivity contribution in [3.05, 3.63) is 64.4 Å². The Bertz CT molecular complexity index is 642.